The predicted molar refractivity (Wildman–Crippen MR) is 462 cm³/mol. The SMILES string of the molecule is CC(C)CCC[C@@H](C)[C@H]1CC[C@H]2[C@@H]3CC=C4CC(OC(=O)CCCCCCCCC(=O)Oc5ccc(C=Nc6ccc(OCCOc7ccc(N=Cc8ccc(OC(=O)CCCCCCCCC(=O)OC9CC[C@@]%10(C)C(=CC[C@H]%11[C@@H]%12CC[C@H]([C@H](C)CCCC(C)C)[C@@]%12(C)CC[C@@H]%11%10)C9)cc8)cc7)cc6)cc5)CC[C@]4(C)[C@H]3CC[C@]12C. The first-order chi connectivity index (χ1) is 55.0. The molecule has 0 amide bonds. The van der Waals surface area contributed by atoms with Gasteiger partial charge in [-0.3, -0.25) is 29.2 Å². The molecule has 0 heterocycles. The summed E-state index contributed by atoms with van der Waals surface area (Å²) in [6, 6.07) is 29.9. The van der Waals surface area contributed by atoms with Gasteiger partial charge in [-0.2, -0.15) is 0 Å². The number of benzene rings is 4. The summed E-state index contributed by atoms with van der Waals surface area (Å²) in [5, 5.41) is 0. The molecule has 12 rings (SSSR count). The molecule has 8 aliphatic rings. The van der Waals surface area contributed by atoms with Crippen molar-refractivity contribution in [1.29, 1.82) is 0 Å². The molecule has 0 radical (unpaired) electrons. The first-order valence-corrected chi connectivity index (χ1v) is 46.0. The molecule has 0 aliphatic heterocycles. The number of fused-ring (bicyclic) bond motifs is 10. The molecule has 0 N–H and O–H groups in total. The summed E-state index contributed by atoms with van der Waals surface area (Å²) in [5.41, 5.74) is 8.04. The third-order valence-electron chi connectivity index (χ3n) is 30.4. The number of hydrogen-bond donors (Lipinski definition) is 0. The minimum atomic E-state index is -0.228. The van der Waals surface area contributed by atoms with Crippen molar-refractivity contribution in [2.75, 3.05) is 13.2 Å². The van der Waals surface area contributed by atoms with Crippen LogP contribution in [0.15, 0.2) is 130 Å². The van der Waals surface area contributed by atoms with Crippen molar-refractivity contribution in [3.05, 3.63) is 131 Å². The van der Waals surface area contributed by atoms with E-state index in [0.29, 0.717) is 72.7 Å². The first kappa shape index (κ1) is 86.5. The van der Waals surface area contributed by atoms with E-state index >= 15 is 0 Å². The lowest BCUT2D eigenvalue weighted by atomic mass is 9.47. The smallest absolute Gasteiger partial charge is 0.311 e. The van der Waals surface area contributed by atoms with Crippen LogP contribution in [-0.4, -0.2) is 61.7 Å². The highest BCUT2D eigenvalue weighted by Crippen LogP contribution is 2.69. The fourth-order valence-corrected chi connectivity index (χ4v) is 24.0. The molecular weight excluding hydrogens is 1410 g/mol. The normalized spacial score (nSPS) is 28.8. The van der Waals surface area contributed by atoms with E-state index in [1.54, 1.807) is 47.8 Å². The molecule has 0 aromatic heterocycles. The second-order valence-corrected chi connectivity index (χ2v) is 38.8. The summed E-state index contributed by atoms with van der Waals surface area (Å²) in [4.78, 5) is 60.8. The van der Waals surface area contributed by atoms with Gasteiger partial charge in [-0.05, 0) is 316 Å². The third-order valence-corrected chi connectivity index (χ3v) is 30.4. The Labute approximate surface area is 687 Å². The minimum absolute atomic E-state index is 0.0206. The lowest BCUT2D eigenvalue weighted by molar-refractivity contribution is -0.152. The van der Waals surface area contributed by atoms with Crippen molar-refractivity contribution in [2.45, 2.75) is 325 Å². The van der Waals surface area contributed by atoms with E-state index < -0.39 is 0 Å². The molecule has 2 unspecified atom stereocenters. The van der Waals surface area contributed by atoms with Gasteiger partial charge in [0.05, 0.1) is 11.4 Å². The van der Waals surface area contributed by atoms with E-state index in [-0.39, 0.29) is 46.9 Å². The van der Waals surface area contributed by atoms with Crippen molar-refractivity contribution in [3.8, 4) is 23.0 Å². The van der Waals surface area contributed by atoms with Crippen LogP contribution in [0.3, 0.4) is 0 Å². The Kier molecular flexibility index (Phi) is 31.1. The quantitative estimate of drug-likeness (QED) is 0.0138. The van der Waals surface area contributed by atoms with Crippen molar-refractivity contribution in [3.63, 3.8) is 0 Å². The van der Waals surface area contributed by atoms with E-state index in [9.17, 15) is 19.2 Å². The van der Waals surface area contributed by atoms with Gasteiger partial charge in [0, 0.05) is 51.0 Å². The number of nitrogens with zero attached hydrogens (tertiary/aromatic N) is 2. The fraction of sp³-hybridized carbons (Fsp3) is 0.667. The Morgan fingerprint density at radius 3 is 1.11 bits per heavy atom. The number of aliphatic imine (C=N–C) groups is 2. The maximum Gasteiger partial charge on any atom is 0.311 e. The number of unbranched alkanes of at least 4 members (excludes halogenated alkanes) is 10. The van der Waals surface area contributed by atoms with Crippen molar-refractivity contribution < 1.29 is 47.6 Å². The van der Waals surface area contributed by atoms with Crippen LogP contribution in [-0.2, 0) is 28.7 Å². The lowest BCUT2D eigenvalue weighted by Crippen LogP contribution is -2.51. The minimum Gasteiger partial charge on any atom is -0.490 e. The number of carbonyl (C=O) groups is 4. The van der Waals surface area contributed by atoms with Crippen LogP contribution in [0.5, 0.6) is 23.0 Å². The topological polar surface area (TPSA) is 148 Å². The van der Waals surface area contributed by atoms with E-state index in [1.165, 1.54) is 103 Å². The average molecular weight is 1560 g/mol. The van der Waals surface area contributed by atoms with Crippen LogP contribution < -0.4 is 18.9 Å². The standard InChI is InChI=1S/C102H144N2O10/c1-71(2)25-23-27-73(5)89-53-55-91-87-51-37-77-67-85(57-61-99(77,7)93(87)59-63-101(89,91)9)113-97(107)31-21-17-13-11-15-19-29-95(105)111-83-43-33-75(34-44-83)69-103-79-39-47-81(48-40-79)109-65-66-110-82-49-41-80(42-50-82)104-70-76-35-45-84(46-36-76)112-96(106)30-20-16-12-14-18-22-32-98(108)114-86-58-62-100(8)78(68-86)38-52-88-92-56-54-90(74(6)28-24-26-72(3)4)102(92,10)64-60-94(88)100/h33-50,69-74,85-94H,11-32,51-68H2,1-10H3/t73-,74-,85?,86?,87+,88+,89-,90-,91+,92+,93+,94+,99+,100+,101-,102-/m1/s1. The Hall–Kier alpha value is -6.82. The van der Waals surface area contributed by atoms with Gasteiger partial charge in [0.1, 0.15) is 48.4 Å². The fourth-order valence-electron chi connectivity index (χ4n) is 24.0. The molecule has 8 aliphatic carbocycles. The number of rotatable bonds is 41. The summed E-state index contributed by atoms with van der Waals surface area (Å²) in [6.45, 7) is 25.8. The molecule has 6 fully saturated rings. The Balaban J connectivity index is 0.445. The summed E-state index contributed by atoms with van der Waals surface area (Å²) >= 11 is 0. The number of esters is 4. The molecule has 622 valence electrons. The number of ether oxygens (including phenoxy) is 6. The van der Waals surface area contributed by atoms with Gasteiger partial charge in [-0.25, -0.2) is 0 Å². The first-order valence-electron chi connectivity index (χ1n) is 46.0. The van der Waals surface area contributed by atoms with Crippen LogP contribution in [0.4, 0.5) is 11.4 Å². The van der Waals surface area contributed by atoms with Crippen LogP contribution in [0.1, 0.15) is 324 Å². The van der Waals surface area contributed by atoms with Crippen LogP contribution in [0, 0.1) is 92.7 Å². The molecule has 0 spiro atoms. The molecule has 4 aromatic rings. The molecule has 0 saturated heterocycles. The zero-order chi connectivity index (χ0) is 80.2. The van der Waals surface area contributed by atoms with Crippen LogP contribution >= 0.6 is 0 Å². The lowest BCUT2D eigenvalue weighted by Gasteiger charge is -2.58. The van der Waals surface area contributed by atoms with Gasteiger partial charge in [0.25, 0.3) is 0 Å². The second kappa shape index (κ2) is 41.0. The van der Waals surface area contributed by atoms with Crippen molar-refractivity contribution >= 4 is 47.7 Å². The second-order valence-electron chi connectivity index (χ2n) is 38.8. The predicted octanol–water partition coefficient (Wildman–Crippen LogP) is 26.6. The Bertz CT molecular complexity index is 3600. The Morgan fingerprint density at radius 1 is 0.386 bits per heavy atom. The van der Waals surface area contributed by atoms with E-state index in [4.69, 9.17) is 28.4 Å². The highest BCUT2D eigenvalue weighted by Gasteiger charge is 2.61. The van der Waals surface area contributed by atoms with Crippen LogP contribution in [0.25, 0.3) is 0 Å². The largest absolute Gasteiger partial charge is 0.490 e. The summed E-state index contributed by atoms with van der Waals surface area (Å²) < 4.78 is 35.5. The molecule has 0 bridgehead atoms. The summed E-state index contributed by atoms with van der Waals surface area (Å²) in [5.74, 6) is 11.9. The molecular formula is C102H144N2O10. The van der Waals surface area contributed by atoms with E-state index in [1.807, 2.05) is 72.8 Å². The van der Waals surface area contributed by atoms with Crippen LogP contribution in [0.2, 0.25) is 0 Å². The summed E-state index contributed by atoms with van der Waals surface area (Å²) in [6.07, 6.45) is 50.0. The van der Waals surface area contributed by atoms with E-state index in [0.717, 1.165) is 209 Å². The van der Waals surface area contributed by atoms with Gasteiger partial charge >= 0.3 is 23.9 Å². The molecule has 16 atom stereocenters. The Morgan fingerprint density at radius 2 is 0.737 bits per heavy atom. The zero-order valence-corrected chi connectivity index (χ0v) is 71.9. The highest BCUT2D eigenvalue weighted by atomic mass is 16.6. The number of hydrogen-bond acceptors (Lipinski definition) is 12. The molecule has 4 aromatic carbocycles. The van der Waals surface area contributed by atoms with Gasteiger partial charge < -0.3 is 28.4 Å². The van der Waals surface area contributed by atoms with Gasteiger partial charge in [0.15, 0.2) is 0 Å². The average Bonchev–Trinajstić information content (AvgIpc) is 1.42. The summed E-state index contributed by atoms with van der Waals surface area (Å²) in [7, 11) is 0. The van der Waals surface area contributed by atoms with E-state index in [2.05, 4.69) is 91.4 Å². The van der Waals surface area contributed by atoms with Crippen molar-refractivity contribution in [2.24, 2.45) is 103 Å². The molecule has 114 heavy (non-hydrogen) atoms. The van der Waals surface area contributed by atoms with Gasteiger partial charge in [0.2, 0.25) is 0 Å². The zero-order valence-electron chi connectivity index (χ0n) is 71.9. The third kappa shape index (κ3) is 22.7. The van der Waals surface area contributed by atoms with Gasteiger partial charge in [-0.15, -0.1) is 0 Å². The molecule has 12 heteroatoms. The molecule has 6 saturated carbocycles. The highest BCUT2D eigenvalue weighted by molar-refractivity contribution is 5.83. The number of allylic oxidation sites excluding steroid dienone is 2. The maximum absolute atomic E-state index is 13.1. The monoisotopic (exact) mass is 1560 g/mol. The number of carbonyl (C=O) groups excluding carboxylic acids is 4. The molecule has 12 nitrogen and oxygen atoms in total. The van der Waals surface area contributed by atoms with Crippen molar-refractivity contribution in [1.82, 2.24) is 0 Å². The van der Waals surface area contributed by atoms with Gasteiger partial charge in [-0.1, -0.05) is 182 Å². The maximum atomic E-state index is 13.1.